The standard InChI is InChI=1S/C23H31NO3/c1-6-9-17(4)24-23(25)18-12-13-21(26-5)19(14-18)15-27-22-11-8-7-10-20(22)16(2)3/h7-8,10-14,16-17H,6,9,15H2,1-5H3,(H,24,25)/t17-/m1/s1. The van der Waals surface area contributed by atoms with Crippen molar-refractivity contribution in [2.24, 2.45) is 0 Å². The Hall–Kier alpha value is -2.49. The average molecular weight is 370 g/mol. The molecule has 0 unspecified atom stereocenters. The number of benzene rings is 2. The van der Waals surface area contributed by atoms with Crippen LogP contribution in [0.3, 0.4) is 0 Å². The maximum absolute atomic E-state index is 12.5. The second kappa shape index (κ2) is 10.0. The van der Waals surface area contributed by atoms with E-state index in [4.69, 9.17) is 9.47 Å². The third-order valence-electron chi connectivity index (χ3n) is 4.57. The molecule has 2 aromatic carbocycles. The Kier molecular flexibility index (Phi) is 7.71. The topological polar surface area (TPSA) is 47.6 Å². The fraction of sp³-hybridized carbons (Fsp3) is 0.435. The molecule has 1 atom stereocenters. The van der Waals surface area contributed by atoms with Crippen LogP contribution in [0.5, 0.6) is 11.5 Å². The number of hydrogen-bond acceptors (Lipinski definition) is 3. The molecule has 4 heteroatoms. The van der Waals surface area contributed by atoms with E-state index in [1.807, 2.05) is 37.3 Å². The van der Waals surface area contributed by atoms with Crippen molar-refractivity contribution in [1.29, 1.82) is 0 Å². The summed E-state index contributed by atoms with van der Waals surface area (Å²) in [6, 6.07) is 13.7. The highest BCUT2D eigenvalue weighted by molar-refractivity contribution is 5.94. The summed E-state index contributed by atoms with van der Waals surface area (Å²) in [5, 5.41) is 3.04. The second-order valence-corrected chi connectivity index (χ2v) is 7.17. The van der Waals surface area contributed by atoms with Crippen molar-refractivity contribution in [3.05, 3.63) is 59.2 Å². The van der Waals surface area contributed by atoms with Crippen molar-refractivity contribution in [2.75, 3.05) is 7.11 Å². The lowest BCUT2D eigenvalue weighted by atomic mass is 10.0. The quantitative estimate of drug-likeness (QED) is 0.651. The number of amides is 1. The predicted molar refractivity (Wildman–Crippen MR) is 110 cm³/mol. The van der Waals surface area contributed by atoms with Gasteiger partial charge in [0.1, 0.15) is 18.1 Å². The molecule has 146 valence electrons. The molecule has 2 aromatic rings. The molecule has 2 rings (SSSR count). The van der Waals surface area contributed by atoms with E-state index < -0.39 is 0 Å². The molecule has 27 heavy (non-hydrogen) atoms. The number of rotatable bonds is 9. The van der Waals surface area contributed by atoms with Gasteiger partial charge in [0, 0.05) is 17.2 Å². The van der Waals surface area contributed by atoms with Gasteiger partial charge in [-0.1, -0.05) is 45.4 Å². The maximum Gasteiger partial charge on any atom is 0.251 e. The Morgan fingerprint density at radius 3 is 2.48 bits per heavy atom. The molecule has 0 fully saturated rings. The zero-order valence-electron chi connectivity index (χ0n) is 17.0. The summed E-state index contributed by atoms with van der Waals surface area (Å²) < 4.78 is 11.5. The smallest absolute Gasteiger partial charge is 0.251 e. The van der Waals surface area contributed by atoms with E-state index in [1.165, 1.54) is 5.56 Å². The molecular weight excluding hydrogens is 338 g/mol. The minimum Gasteiger partial charge on any atom is -0.496 e. The number of carbonyl (C=O) groups is 1. The molecule has 0 bridgehead atoms. The molecule has 0 saturated carbocycles. The van der Waals surface area contributed by atoms with Crippen molar-refractivity contribution in [1.82, 2.24) is 5.32 Å². The van der Waals surface area contributed by atoms with Crippen molar-refractivity contribution in [3.63, 3.8) is 0 Å². The molecule has 1 amide bonds. The number of methoxy groups -OCH3 is 1. The van der Waals surface area contributed by atoms with Crippen molar-refractivity contribution in [2.45, 2.75) is 59.1 Å². The average Bonchev–Trinajstić information content (AvgIpc) is 2.66. The Labute approximate surface area is 162 Å². The van der Waals surface area contributed by atoms with E-state index in [0.29, 0.717) is 18.1 Å². The number of hydrogen-bond donors (Lipinski definition) is 1. The molecule has 1 N–H and O–H groups in total. The summed E-state index contributed by atoms with van der Waals surface area (Å²) >= 11 is 0. The predicted octanol–water partition coefficient (Wildman–Crippen LogP) is 5.32. The molecule has 0 radical (unpaired) electrons. The van der Waals surface area contributed by atoms with Crippen LogP contribution < -0.4 is 14.8 Å². The number of nitrogens with one attached hydrogen (secondary N) is 1. The Morgan fingerprint density at radius 1 is 1.07 bits per heavy atom. The van der Waals surface area contributed by atoms with Gasteiger partial charge in [-0.05, 0) is 49.1 Å². The summed E-state index contributed by atoms with van der Waals surface area (Å²) in [6.07, 6.45) is 2.00. The highest BCUT2D eigenvalue weighted by Gasteiger charge is 2.14. The lowest BCUT2D eigenvalue weighted by Crippen LogP contribution is -2.32. The SMILES string of the molecule is CCC[C@@H](C)NC(=O)c1ccc(OC)c(COc2ccccc2C(C)C)c1. The van der Waals surface area contributed by atoms with Crippen molar-refractivity contribution >= 4 is 5.91 Å². The van der Waals surface area contributed by atoms with E-state index in [-0.39, 0.29) is 11.9 Å². The molecule has 0 aromatic heterocycles. The molecule has 4 nitrogen and oxygen atoms in total. The maximum atomic E-state index is 12.5. The van der Waals surface area contributed by atoms with Gasteiger partial charge in [0.15, 0.2) is 0 Å². The molecule has 0 aliphatic heterocycles. The first kappa shape index (κ1) is 20.8. The summed E-state index contributed by atoms with van der Waals surface area (Å²) in [5.41, 5.74) is 2.64. The first-order valence-electron chi connectivity index (χ1n) is 9.65. The Balaban J connectivity index is 2.17. The first-order chi connectivity index (χ1) is 13.0. The van der Waals surface area contributed by atoms with E-state index in [2.05, 4.69) is 32.2 Å². The zero-order chi connectivity index (χ0) is 19.8. The van der Waals surface area contributed by atoms with Gasteiger partial charge >= 0.3 is 0 Å². The molecule has 0 saturated heterocycles. The van der Waals surface area contributed by atoms with E-state index in [0.717, 1.165) is 29.9 Å². The lowest BCUT2D eigenvalue weighted by Gasteiger charge is -2.17. The van der Waals surface area contributed by atoms with Crippen LogP contribution in [0.1, 0.15) is 67.9 Å². The minimum absolute atomic E-state index is 0.0672. The van der Waals surface area contributed by atoms with Crippen LogP contribution >= 0.6 is 0 Å². The lowest BCUT2D eigenvalue weighted by molar-refractivity contribution is 0.0938. The van der Waals surface area contributed by atoms with Gasteiger partial charge in [-0.2, -0.15) is 0 Å². The molecular formula is C23H31NO3. The fourth-order valence-electron chi connectivity index (χ4n) is 3.09. The highest BCUT2D eigenvalue weighted by Crippen LogP contribution is 2.28. The minimum atomic E-state index is -0.0672. The number of ether oxygens (including phenoxy) is 2. The van der Waals surface area contributed by atoms with E-state index in [9.17, 15) is 4.79 Å². The van der Waals surface area contributed by atoms with Crippen LogP contribution in [0, 0.1) is 0 Å². The van der Waals surface area contributed by atoms with Gasteiger partial charge in [0.05, 0.1) is 7.11 Å². The van der Waals surface area contributed by atoms with Gasteiger partial charge in [0.2, 0.25) is 0 Å². The third-order valence-corrected chi connectivity index (χ3v) is 4.57. The van der Waals surface area contributed by atoms with Crippen molar-refractivity contribution in [3.8, 4) is 11.5 Å². The van der Waals surface area contributed by atoms with Crippen molar-refractivity contribution < 1.29 is 14.3 Å². The molecule has 0 aliphatic rings. The molecule has 0 aliphatic carbocycles. The molecule has 0 spiro atoms. The zero-order valence-corrected chi connectivity index (χ0v) is 17.0. The monoisotopic (exact) mass is 369 g/mol. The first-order valence-corrected chi connectivity index (χ1v) is 9.65. The second-order valence-electron chi connectivity index (χ2n) is 7.17. The molecule has 0 heterocycles. The summed E-state index contributed by atoms with van der Waals surface area (Å²) in [6.45, 7) is 8.77. The van der Waals surface area contributed by atoms with Gasteiger partial charge in [-0.3, -0.25) is 4.79 Å². The number of carbonyl (C=O) groups excluding carboxylic acids is 1. The van der Waals surface area contributed by atoms with Gasteiger partial charge in [-0.25, -0.2) is 0 Å². The Bertz CT molecular complexity index is 755. The highest BCUT2D eigenvalue weighted by atomic mass is 16.5. The Morgan fingerprint density at radius 2 is 1.81 bits per heavy atom. The number of para-hydroxylation sites is 1. The third kappa shape index (κ3) is 5.75. The van der Waals surface area contributed by atoms with Crippen LogP contribution in [0.25, 0.3) is 0 Å². The van der Waals surface area contributed by atoms with Crippen LogP contribution in [0.2, 0.25) is 0 Å². The van der Waals surface area contributed by atoms with Crippen LogP contribution in [-0.2, 0) is 6.61 Å². The van der Waals surface area contributed by atoms with Crippen LogP contribution in [0.4, 0.5) is 0 Å². The van der Waals surface area contributed by atoms with Gasteiger partial charge < -0.3 is 14.8 Å². The summed E-state index contributed by atoms with van der Waals surface area (Å²) in [4.78, 5) is 12.5. The van der Waals surface area contributed by atoms with E-state index >= 15 is 0 Å². The van der Waals surface area contributed by atoms with Gasteiger partial charge in [0.25, 0.3) is 5.91 Å². The summed E-state index contributed by atoms with van der Waals surface area (Å²) in [5.74, 6) is 1.89. The van der Waals surface area contributed by atoms with Crippen LogP contribution in [0.15, 0.2) is 42.5 Å². The van der Waals surface area contributed by atoms with E-state index in [1.54, 1.807) is 13.2 Å². The fourth-order valence-corrected chi connectivity index (χ4v) is 3.09. The summed E-state index contributed by atoms with van der Waals surface area (Å²) in [7, 11) is 1.63. The van der Waals surface area contributed by atoms with Gasteiger partial charge in [-0.15, -0.1) is 0 Å². The largest absolute Gasteiger partial charge is 0.496 e. The van der Waals surface area contributed by atoms with Crippen LogP contribution in [-0.4, -0.2) is 19.1 Å². The normalized spacial score (nSPS) is 11.9.